The number of aryl methyl sites for hydroxylation is 2. The van der Waals surface area contributed by atoms with E-state index < -0.39 is 0 Å². The van der Waals surface area contributed by atoms with Gasteiger partial charge in [0.2, 0.25) is 0 Å². The van der Waals surface area contributed by atoms with E-state index in [1.54, 1.807) is 0 Å². The van der Waals surface area contributed by atoms with Crippen LogP contribution < -0.4 is 5.73 Å². The second-order valence-corrected chi connectivity index (χ2v) is 5.37. The molecule has 0 bridgehead atoms. The molecule has 0 spiro atoms. The topological polar surface area (TPSA) is 43.8 Å². The Morgan fingerprint density at radius 1 is 1.41 bits per heavy atom. The minimum absolute atomic E-state index is 0.0924. The van der Waals surface area contributed by atoms with Gasteiger partial charge >= 0.3 is 0 Å². The van der Waals surface area contributed by atoms with Gasteiger partial charge in [-0.15, -0.1) is 11.3 Å². The quantitative estimate of drug-likeness (QED) is 0.885. The molecule has 0 radical (unpaired) electrons. The molecule has 0 saturated carbocycles. The van der Waals surface area contributed by atoms with Crippen molar-refractivity contribution in [3.63, 3.8) is 0 Å². The number of thiophene rings is 1. The van der Waals surface area contributed by atoms with Crippen molar-refractivity contribution in [3.05, 3.63) is 39.8 Å². The molecule has 0 amide bonds. The van der Waals surface area contributed by atoms with Crippen molar-refractivity contribution in [3.8, 4) is 0 Å². The number of nitrogens with zero attached hydrogens (tertiary/aromatic N) is 2. The van der Waals surface area contributed by atoms with E-state index >= 15 is 0 Å². The van der Waals surface area contributed by atoms with Gasteiger partial charge in [0.15, 0.2) is 0 Å². The normalized spacial score (nSPS) is 12.9. The largest absolute Gasteiger partial charge is 0.323 e. The van der Waals surface area contributed by atoms with Crippen molar-refractivity contribution in [2.45, 2.75) is 39.3 Å². The standard InChI is InChI=1S/C13H19N3S/c1-3-11-5-6-13(17-11)12(14)7-10-8-15-16(4-2)9-10/h5-6,8-9,12H,3-4,7,14H2,1-2H3. The van der Waals surface area contributed by atoms with E-state index in [1.165, 1.54) is 15.3 Å². The Morgan fingerprint density at radius 3 is 2.82 bits per heavy atom. The van der Waals surface area contributed by atoms with E-state index in [9.17, 15) is 0 Å². The fourth-order valence-electron chi connectivity index (χ4n) is 1.82. The molecule has 0 aliphatic rings. The van der Waals surface area contributed by atoms with Gasteiger partial charge in [-0.2, -0.15) is 5.10 Å². The predicted octanol–water partition coefficient (Wildman–Crippen LogP) is 2.77. The molecule has 92 valence electrons. The van der Waals surface area contributed by atoms with Crippen LogP contribution >= 0.6 is 11.3 Å². The minimum atomic E-state index is 0.0924. The lowest BCUT2D eigenvalue weighted by Gasteiger charge is -2.07. The zero-order valence-electron chi connectivity index (χ0n) is 10.4. The smallest absolute Gasteiger partial charge is 0.0522 e. The van der Waals surface area contributed by atoms with Crippen LogP contribution in [0.1, 0.15) is 35.2 Å². The van der Waals surface area contributed by atoms with Gasteiger partial charge in [0.05, 0.1) is 6.20 Å². The number of hydrogen-bond acceptors (Lipinski definition) is 3. The van der Waals surface area contributed by atoms with Crippen LogP contribution in [0.25, 0.3) is 0 Å². The van der Waals surface area contributed by atoms with Crippen molar-refractivity contribution in [1.29, 1.82) is 0 Å². The Bertz CT molecular complexity index is 472. The Balaban J connectivity index is 2.02. The lowest BCUT2D eigenvalue weighted by Crippen LogP contribution is -2.11. The summed E-state index contributed by atoms with van der Waals surface area (Å²) in [5.74, 6) is 0. The Morgan fingerprint density at radius 2 is 2.24 bits per heavy atom. The molecule has 17 heavy (non-hydrogen) atoms. The predicted molar refractivity (Wildman–Crippen MR) is 72.2 cm³/mol. The second-order valence-electron chi connectivity index (χ2n) is 4.17. The molecular formula is C13H19N3S. The first-order chi connectivity index (χ1) is 8.22. The van der Waals surface area contributed by atoms with Crippen molar-refractivity contribution < 1.29 is 0 Å². The van der Waals surface area contributed by atoms with E-state index in [0.29, 0.717) is 0 Å². The Kier molecular flexibility index (Phi) is 3.97. The fourth-order valence-corrected chi connectivity index (χ4v) is 2.78. The van der Waals surface area contributed by atoms with Gasteiger partial charge < -0.3 is 5.73 Å². The highest BCUT2D eigenvalue weighted by molar-refractivity contribution is 7.12. The summed E-state index contributed by atoms with van der Waals surface area (Å²) in [6.45, 7) is 5.17. The molecule has 0 fully saturated rings. The summed E-state index contributed by atoms with van der Waals surface area (Å²) in [7, 11) is 0. The van der Waals surface area contributed by atoms with Crippen molar-refractivity contribution >= 4 is 11.3 Å². The van der Waals surface area contributed by atoms with Gasteiger partial charge in [-0.1, -0.05) is 6.92 Å². The first kappa shape index (κ1) is 12.3. The molecule has 0 aliphatic heterocycles. The third kappa shape index (κ3) is 2.96. The summed E-state index contributed by atoms with van der Waals surface area (Å²) in [5.41, 5.74) is 7.43. The summed E-state index contributed by atoms with van der Waals surface area (Å²) >= 11 is 1.82. The van der Waals surface area contributed by atoms with Crippen LogP contribution in [0.3, 0.4) is 0 Å². The van der Waals surface area contributed by atoms with E-state index in [1.807, 2.05) is 22.2 Å². The molecule has 1 atom stereocenters. The second kappa shape index (κ2) is 5.47. The molecule has 2 rings (SSSR count). The molecule has 2 aromatic heterocycles. The van der Waals surface area contributed by atoms with Crippen LogP contribution in [0.5, 0.6) is 0 Å². The van der Waals surface area contributed by atoms with Crippen LogP contribution in [0.4, 0.5) is 0 Å². The average molecular weight is 249 g/mol. The molecular weight excluding hydrogens is 230 g/mol. The van der Waals surface area contributed by atoms with Crippen LogP contribution in [0, 0.1) is 0 Å². The molecule has 4 heteroatoms. The van der Waals surface area contributed by atoms with E-state index in [4.69, 9.17) is 5.73 Å². The molecule has 0 saturated heterocycles. The maximum atomic E-state index is 6.22. The third-order valence-corrected chi connectivity index (χ3v) is 4.22. The molecule has 2 aromatic rings. The Hall–Kier alpha value is -1.13. The maximum absolute atomic E-state index is 6.22. The molecule has 0 aromatic carbocycles. The first-order valence-corrected chi connectivity index (χ1v) is 6.90. The summed E-state index contributed by atoms with van der Waals surface area (Å²) in [5, 5.41) is 4.27. The number of rotatable bonds is 5. The van der Waals surface area contributed by atoms with Crippen molar-refractivity contribution in [1.82, 2.24) is 9.78 Å². The van der Waals surface area contributed by atoms with Gasteiger partial charge in [0, 0.05) is 28.5 Å². The SMILES string of the molecule is CCc1ccc(C(N)Cc2cnn(CC)c2)s1. The van der Waals surface area contributed by atoms with Crippen LogP contribution in [0.15, 0.2) is 24.5 Å². The summed E-state index contributed by atoms with van der Waals surface area (Å²) in [6, 6.07) is 4.42. The minimum Gasteiger partial charge on any atom is -0.323 e. The van der Waals surface area contributed by atoms with Gasteiger partial charge in [-0.05, 0) is 37.5 Å². The van der Waals surface area contributed by atoms with Gasteiger partial charge in [-0.3, -0.25) is 4.68 Å². The van der Waals surface area contributed by atoms with E-state index in [-0.39, 0.29) is 6.04 Å². The van der Waals surface area contributed by atoms with Gasteiger partial charge in [0.25, 0.3) is 0 Å². The highest BCUT2D eigenvalue weighted by Gasteiger charge is 2.10. The zero-order chi connectivity index (χ0) is 12.3. The summed E-state index contributed by atoms with van der Waals surface area (Å²) < 4.78 is 1.94. The Labute approximate surface area is 106 Å². The lowest BCUT2D eigenvalue weighted by molar-refractivity contribution is 0.657. The van der Waals surface area contributed by atoms with Crippen LogP contribution in [-0.4, -0.2) is 9.78 Å². The van der Waals surface area contributed by atoms with Crippen LogP contribution in [-0.2, 0) is 19.4 Å². The van der Waals surface area contributed by atoms with Crippen molar-refractivity contribution in [2.24, 2.45) is 5.73 Å². The summed E-state index contributed by atoms with van der Waals surface area (Å²) in [6.07, 6.45) is 5.95. The molecule has 3 nitrogen and oxygen atoms in total. The number of nitrogens with two attached hydrogens (primary N) is 1. The van der Waals surface area contributed by atoms with Crippen LogP contribution in [0.2, 0.25) is 0 Å². The zero-order valence-corrected chi connectivity index (χ0v) is 11.2. The highest BCUT2D eigenvalue weighted by atomic mass is 32.1. The summed E-state index contributed by atoms with van der Waals surface area (Å²) in [4.78, 5) is 2.67. The number of aromatic nitrogens is 2. The first-order valence-electron chi connectivity index (χ1n) is 6.08. The van der Waals surface area contributed by atoms with E-state index in [2.05, 4.69) is 37.3 Å². The van der Waals surface area contributed by atoms with Gasteiger partial charge in [0.1, 0.15) is 0 Å². The molecule has 0 aliphatic carbocycles. The lowest BCUT2D eigenvalue weighted by atomic mass is 10.1. The molecule has 2 heterocycles. The average Bonchev–Trinajstić information content (AvgIpc) is 2.96. The fraction of sp³-hybridized carbons (Fsp3) is 0.462. The van der Waals surface area contributed by atoms with Gasteiger partial charge in [-0.25, -0.2) is 0 Å². The molecule has 2 N–H and O–H groups in total. The monoisotopic (exact) mass is 249 g/mol. The van der Waals surface area contributed by atoms with Crippen molar-refractivity contribution in [2.75, 3.05) is 0 Å². The van der Waals surface area contributed by atoms with E-state index in [0.717, 1.165) is 19.4 Å². The number of hydrogen-bond donors (Lipinski definition) is 1. The third-order valence-electron chi connectivity index (χ3n) is 2.86. The molecule has 1 unspecified atom stereocenters. The maximum Gasteiger partial charge on any atom is 0.0522 e. The highest BCUT2D eigenvalue weighted by Crippen LogP contribution is 2.24.